The molecule has 9 heteroatoms. The smallest absolute Gasteiger partial charge is 0.300 e. The van der Waals surface area contributed by atoms with E-state index in [0.29, 0.717) is 0 Å². The number of pyridine rings is 1. The lowest BCUT2D eigenvalue weighted by Crippen LogP contribution is -2.15. The Balaban J connectivity index is 2.34. The van der Waals surface area contributed by atoms with E-state index in [9.17, 15) is 14.9 Å². The van der Waals surface area contributed by atoms with E-state index in [1.165, 1.54) is 12.4 Å². The van der Waals surface area contributed by atoms with E-state index < -0.39 is 16.5 Å². The molecule has 2 heterocycles. The summed E-state index contributed by atoms with van der Waals surface area (Å²) in [5.41, 5.74) is 4.80. The zero-order valence-corrected chi connectivity index (χ0v) is 8.95. The number of nitrogens with one attached hydrogen (secondary N) is 2. The second kappa shape index (κ2) is 4.49. The SMILES string of the molecule is Nc1cc(C(=O)Nc2ncc[nH]2)c([N+](=O)[O-])cn1. The van der Waals surface area contributed by atoms with Gasteiger partial charge in [-0.1, -0.05) is 0 Å². The summed E-state index contributed by atoms with van der Waals surface area (Å²) in [5, 5.41) is 13.1. The number of rotatable bonds is 3. The Hall–Kier alpha value is -2.97. The molecule has 4 N–H and O–H groups in total. The normalized spacial score (nSPS) is 10.0. The van der Waals surface area contributed by atoms with Crippen molar-refractivity contribution in [3.63, 3.8) is 0 Å². The minimum absolute atomic E-state index is 0.0187. The lowest BCUT2D eigenvalue weighted by molar-refractivity contribution is -0.385. The first-order valence-corrected chi connectivity index (χ1v) is 4.78. The zero-order valence-electron chi connectivity index (χ0n) is 8.95. The van der Waals surface area contributed by atoms with Crippen molar-refractivity contribution in [3.8, 4) is 0 Å². The van der Waals surface area contributed by atoms with Crippen molar-refractivity contribution in [1.29, 1.82) is 0 Å². The average Bonchev–Trinajstić information content (AvgIpc) is 2.81. The van der Waals surface area contributed by atoms with Gasteiger partial charge in [-0.05, 0) is 6.07 Å². The maximum atomic E-state index is 11.8. The number of nitro groups is 1. The number of carbonyl (C=O) groups excluding carboxylic acids is 1. The molecule has 0 radical (unpaired) electrons. The van der Waals surface area contributed by atoms with Gasteiger partial charge in [0, 0.05) is 12.4 Å². The van der Waals surface area contributed by atoms with Crippen molar-refractivity contribution in [2.24, 2.45) is 0 Å². The zero-order chi connectivity index (χ0) is 13.1. The van der Waals surface area contributed by atoms with Gasteiger partial charge in [0.2, 0.25) is 5.95 Å². The van der Waals surface area contributed by atoms with Gasteiger partial charge in [-0.15, -0.1) is 0 Å². The van der Waals surface area contributed by atoms with Crippen LogP contribution in [-0.2, 0) is 0 Å². The van der Waals surface area contributed by atoms with Gasteiger partial charge in [0.15, 0.2) is 0 Å². The number of imidazole rings is 1. The van der Waals surface area contributed by atoms with Crippen LogP contribution in [0.25, 0.3) is 0 Å². The van der Waals surface area contributed by atoms with Crippen molar-refractivity contribution in [3.05, 3.63) is 40.3 Å². The Morgan fingerprint density at radius 1 is 1.50 bits per heavy atom. The van der Waals surface area contributed by atoms with Crippen LogP contribution in [0.2, 0.25) is 0 Å². The largest absolute Gasteiger partial charge is 0.384 e. The van der Waals surface area contributed by atoms with Gasteiger partial charge in [0.1, 0.15) is 17.6 Å². The molecule has 9 nitrogen and oxygen atoms in total. The molecule has 0 spiro atoms. The third-order valence-electron chi connectivity index (χ3n) is 2.08. The summed E-state index contributed by atoms with van der Waals surface area (Å²) in [6, 6.07) is 1.14. The lowest BCUT2D eigenvalue weighted by atomic mass is 10.2. The molecule has 0 aromatic carbocycles. The molecule has 0 saturated carbocycles. The predicted molar refractivity (Wildman–Crippen MR) is 61.8 cm³/mol. The average molecular weight is 248 g/mol. The Kier molecular flexibility index (Phi) is 2.87. The summed E-state index contributed by atoms with van der Waals surface area (Å²) < 4.78 is 0. The van der Waals surface area contributed by atoms with E-state index in [1.54, 1.807) is 0 Å². The molecule has 1 amide bonds. The van der Waals surface area contributed by atoms with E-state index in [2.05, 4.69) is 20.3 Å². The van der Waals surface area contributed by atoms with Gasteiger partial charge in [-0.3, -0.25) is 20.2 Å². The van der Waals surface area contributed by atoms with Crippen molar-refractivity contribution in [1.82, 2.24) is 15.0 Å². The second-order valence-corrected chi connectivity index (χ2v) is 3.28. The number of carbonyl (C=O) groups is 1. The monoisotopic (exact) mass is 248 g/mol. The van der Waals surface area contributed by atoms with Gasteiger partial charge >= 0.3 is 0 Å². The Morgan fingerprint density at radius 2 is 2.28 bits per heavy atom. The number of nitrogens with two attached hydrogens (primary N) is 1. The van der Waals surface area contributed by atoms with Crippen molar-refractivity contribution in [2.75, 3.05) is 11.1 Å². The molecule has 0 atom stereocenters. The summed E-state index contributed by atoms with van der Waals surface area (Å²) in [6.07, 6.45) is 3.88. The van der Waals surface area contributed by atoms with Gasteiger partial charge in [0.05, 0.1) is 4.92 Å². The summed E-state index contributed by atoms with van der Waals surface area (Å²) in [4.78, 5) is 31.9. The number of amides is 1. The molecular weight excluding hydrogens is 240 g/mol. The Morgan fingerprint density at radius 3 is 2.89 bits per heavy atom. The van der Waals surface area contributed by atoms with Crippen LogP contribution in [0.4, 0.5) is 17.5 Å². The predicted octanol–water partition coefficient (Wildman–Crippen LogP) is 0.547. The molecule has 0 fully saturated rings. The highest BCUT2D eigenvalue weighted by molar-refractivity contribution is 6.06. The van der Waals surface area contributed by atoms with Crippen LogP contribution in [0.1, 0.15) is 10.4 Å². The summed E-state index contributed by atoms with van der Waals surface area (Å²) >= 11 is 0. The van der Waals surface area contributed by atoms with Crippen LogP contribution in [0.5, 0.6) is 0 Å². The number of nitrogens with zero attached hydrogens (tertiary/aromatic N) is 3. The number of hydrogen-bond acceptors (Lipinski definition) is 6. The number of H-pyrrole nitrogens is 1. The van der Waals surface area contributed by atoms with Crippen LogP contribution in [0.3, 0.4) is 0 Å². The quantitative estimate of drug-likeness (QED) is 0.535. The molecule has 2 rings (SSSR count). The first-order valence-electron chi connectivity index (χ1n) is 4.78. The Bertz CT molecular complexity index is 594. The fourth-order valence-electron chi connectivity index (χ4n) is 1.30. The minimum atomic E-state index is -0.705. The molecule has 0 saturated heterocycles. The molecule has 2 aromatic rings. The number of aromatic amines is 1. The third kappa shape index (κ3) is 2.24. The van der Waals surface area contributed by atoms with Crippen LogP contribution < -0.4 is 11.1 Å². The van der Waals surface area contributed by atoms with E-state index in [-0.39, 0.29) is 17.3 Å². The molecule has 18 heavy (non-hydrogen) atoms. The highest BCUT2D eigenvalue weighted by Crippen LogP contribution is 2.19. The Labute approximate surface area is 100 Å². The molecule has 0 aliphatic rings. The van der Waals surface area contributed by atoms with Crippen molar-refractivity contribution < 1.29 is 9.72 Å². The maximum absolute atomic E-state index is 11.8. The van der Waals surface area contributed by atoms with Gasteiger partial charge in [-0.25, -0.2) is 9.97 Å². The summed E-state index contributed by atoms with van der Waals surface area (Å²) in [6.45, 7) is 0. The molecule has 0 unspecified atom stereocenters. The van der Waals surface area contributed by atoms with E-state index in [0.717, 1.165) is 12.3 Å². The van der Waals surface area contributed by atoms with E-state index >= 15 is 0 Å². The van der Waals surface area contributed by atoms with Crippen LogP contribution >= 0.6 is 0 Å². The van der Waals surface area contributed by atoms with Crippen LogP contribution in [0.15, 0.2) is 24.7 Å². The highest BCUT2D eigenvalue weighted by Gasteiger charge is 2.21. The van der Waals surface area contributed by atoms with Crippen LogP contribution in [0, 0.1) is 10.1 Å². The number of hydrogen-bond donors (Lipinski definition) is 3. The molecule has 0 aliphatic carbocycles. The lowest BCUT2D eigenvalue weighted by Gasteiger charge is -2.03. The second-order valence-electron chi connectivity index (χ2n) is 3.28. The molecule has 92 valence electrons. The third-order valence-corrected chi connectivity index (χ3v) is 2.08. The van der Waals surface area contributed by atoms with E-state index in [1.807, 2.05) is 0 Å². The van der Waals surface area contributed by atoms with Gasteiger partial charge in [-0.2, -0.15) is 0 Å². The standard InChI is InChI=1S/C9H8N6O3/c10-7-3-5(6(4-13-7)15(17)18)8(16)14-9-11-1-2-12-9/h1-4H,(H2,10,13)(H2,11,12,14,16). The topological polar surface area (TPSA) is 140 Å². The number of anilines is 2. The van der Waals surface area contributed by atoms with Gasteiger partial charge in [0.25, 0.3) is 11.6 Å². The molecule has 2 aromatic heterocycles. The summed E-state index contributed by atoms with van der Waals surface area (Å²) in [7, 11) is 0. The fourth-order valence-corrected chi connectivity index (χ4v) is 1.30. The highest BCUT2D eigenvalue weighted by atomic mass is 16.6. The van der Waals surface area contributed by atoms with Crippen molar-refractivity contribution >= 4 is 23.4 Å². The first-order chi connectivity index (χ1) is 8.58. The van der Waals surface area contributed by atoms with Crippen LogP contribution in [-0.4, -0.2) is 25.8 Å². The minimum Gasteiger partial charge on any atom is -0.384 e. The molecule has 0 aliphatic heterocycles. The van der Waals surface area contributed by atoms with Gasteiger partial charge < -0.3 is 10.7 Å². The maximum Gasteiger partial charge on any atom is 0.300 e. The fraction of sp³-hybridized carbons (Fsp3) is 0. The number of nitrogen functional groups attached to an aromatic ring is 1. The first kappa shape index (κ1) is 11.5. The number of aromatic nitrogens is 3. The molecule has 0 bridgehead atoms. The van der Waals surface area contributed by atoms with E-state index in [4.69, 9.17) is 5.73 Å². The molecular formula is C9H8N6O3. The van der Waals surface area contributed by atoms with Crippen molar-refractivity contribution in [2.45, 2.75) is 0 Å². The summed E-state index contributed by atoms with van der Waals surface area (Å²) in [5.74, 6) is -0.486.